The molecular formula is C18H13BrN2O2. The Morgan fingerprint density at radius 1 is 1.09 bits per heavy atom. The summed E-state index contributed by atoms with van der Waals surface area (Å²) in [6.45, 7) is 0. The second kappa shape index (κ2) is 6.62. The summed E-state index contributed by atoms with van der Waals surface area (Å²) in [5, 5.41) is 3.66. The number of rotatable bonds is 3. The third kappa shape index (κ3) is 3.76. The number of aromatic nitrogens is 1. The van der Waals surface area contributed by atoms with Crippen molar-refractivity contribution in [2.75, 3.05) is 5.32 Å². The van der Waals surface area contributed by atoms with Crippen LogP contribution < -0.4 is 10.9 Å². The van der Waals surface area contributed by atoms with Crippen LogP contribution in [0.1, 0.15) is 5.56 Å². The van der Waals surface area contributed by atoms with Crippen molar-refractivity contribution in [2.24, 2.45) is 0 Å². The van der Waals surface area contributed by atoms with Gasteiger partial charge in [-0.1, -0.05) is 40.2 Å². The quantitative estimate of drug-likeness (QED) is 0.687. The summed E-state index contributed by atoms with van der Waals surface area (Å²) in [6.07, 6.45) is 2.86. The van der Waals surface area contributed by atoms with Gasteiger partial charge in [-0.2, -0.15) is 0 Å². The molecule has 0 aliphatic heterocycles. The number of pyridine rings is 1. The van der Waals surface area contributed by atoms with Gasteiger partial charge in [-0.05, 0) is 41.8 Å². The molecule has 3 rings (SSSR count). The standard InChI is InChI=1S/C18H13BrN2O2/c19-14-5-3-6-15(11-14)20-17(22)9-8-13-10-12-4-1-2-7-16(12)21-18(13)23/h1-11H,(H,20,22)(H,21,23)/b9-8+. The number of hydrogen-bond acceptors (Lipinski definition) is 2. The van der Waals surface area contributed by atoms with Crippen LogP contribution in [0.25, 0.3) is 17.0 Å². The highest BCUT2D eigenvalue weighted by atomic mass is 79.9. The van der Waals surface area contributed by atoms with Gasteiger partial charge in [0.15, 0.2) is 0 Å². The Kier molecular flexibility index (Phi) is 4.39. The van der Waals surface area contributed by atoms with Gasteiger partial charge in [0.25, 0.3) is 5.56 Å². The first kappa shape index (κ1) is 15.2. The zero-order valence-corrected chi connectivity index (χ0v) is 13.6. The van der Waals surface area contributed by atoms with Gasteiger partial charge in [0.2, 0.25) is 5.91 Å². The Balaban J connectivity index is 1.81. The van der Waals surface area contributed by atoms with E-state index in [1.807, 2.05) is 36.4 Å². The van der Waals surface area contributed by atoms with Gasteiger partial charge in [0.05, 0.1) is 0 Å². The summed E-state index contributed by atoms with van der Waals surface area (Å²) in [5.74, 6) is -0.296. The molecule has 0 fully saturated rings. The van der Waals surface area contributed by atoms with E-state index in [-0.39, 0.29) is 11.5 Å². The zero-order valence-electron chi connectivity index (χ0n) is 12.0. The van der Waals surface area contributed by atoms with Gasteiger partial charge in [-0.25, -0.2) is 0 Å². The maximum absolute atomic E-state index is 12.0. The molecule has 0 spiro atoms. The van der Waals surface area contributed by atoms with Crippen molar-refractivity contribution in [1.82, 2.24) is 4.98 Å². The van der Waals surface area contributed by atoms with Gasteiger partial charge in [0, 0.05) is 27.3 Å². The van der Waals surface area contributed by atoms with Crippen molar-refractivity contribution in [1.29, 1.82) is 0 Å². The SMILES string of the molecule is O=C(/C=C/c1cc2ccccc2[nH]c1=O)Nc1cccc(Br)c1. The molecular weight excluding hydrogens is 356 g/mol. The lowest BCUT2D eigenvalue weighted by atomic mass is 10.1. The molecule has 1 amide bonds. The van der Waals surface area contributed by atoms with E-state index in [2.05, 4.69) is 26.2 Å². The zero-order chi connectivity index (χ0) is 16.2. The van der Waals surface area contributed by atoms with Crippen LogP contribution in [0, 0.1) is 0 Å². The molecule has 0 radical (unpaired) electrons. The minimum absolute atomic E-state index is 0.227. The number of nitrogens with one attached hydrogen (secondary N) is 2. The van der Waals surface area contributed by atoms with E-state index in [0.29, 0.717) is 11.3 Å². The Labute approximate surface area is 141 Å². The van der Waals surface area contributed by atoms with Crippen LogP contribution in [0.15, 0.2) is 69.9 Å². The molecule has 4 nitrogen and oxygen atoms in total. The summed E-state index contributed by atoms with van der Waals surface area (Å²) in [6, 6.07) is 16.6. The number of hydrogen-bond donors (Lipinski definition) is 2. The first-order valence-corrected chi connectivity index (χ1v) is 7.78. The van der Waals surface area contributed by atoms with E-state index in [9.17, 15) is 9.59 Å². The van der Waals surface area contributed by atoms with E-state index in [0.717, 1.165) is 15.4 Å². The monoisotopic (exact) mass is 368 g/mol. The molecule has 1 aromatic heterocycles. The maximum Gasteiger partial charge on any atom is 0.255 e. The summed E-state index contributed by atoms with van der Waals surface area (Å²) in [7, 11) is 0. The van der Waals surface area contributed by atoms with E-state index in [1.165, 1.54) is 12.2 Å². The minimum Gasteiger partial charge on any atom is -0.322 e. The molecule has 2 N–H and O–H groups in total. The molecule has 0 aliphatic carbocycles. The lowest BCUT2D eigenvalue weighted by Crippen LogP contribution is -2.11. The molecule has 0 saturated carbocycles. The predicted octanol–water partition coefficient (Wildman–Crippen LogP) is 3.94. The van der Waals surface area contributed by atoms with Crippen molar-refractivity contribution < 1.29 is 4.79 Å². The van der Waals surface area contributed by atoms with Crippen molar-refractivity contribution in [2.45, 2.75) is 0 Å². The first-order chi connectivity index (χ1) is 11.1. The molecule has 5 heteroatoms. The van der Waals surface area contributed by atoms with Crippen LogP contribution in [0.2, 0.25) is 0 Å². The van der Waals surface area contributed by atoms with Gasteiger partial charge >= 0.3 is 0 Å². The highest BCUT2D eigenvalue weighted by Crippen LogP contribution is 2.15. The second-order valence-corrected chi connectivity index (χ2v) is 5.89. The van der Waals surface area contributed by atoms with Gasteiger partial charge < -0.3 is 10.3 Å². The lowest BCUT2D eigenvalue weighted by Gasteiger charge is -2.02. The van der Waals surface area contributed by atoms with Crippen LogP contribution >= 0.6 is 15.9 Å². The highest BCUT2D eigenvalue weighted by Gasteiger charge is 2.02. The molecule has 1 heterocycles. The molecule has 0 saturated heterocycles. The first-order valence-electron chi connectivity index (χ1n) is 6.98. The average molecular weight is 369 g/mol. The number of fused-ring (bicyclic) bond motifs is 1. The van der Waals surface area contributed by atoms with Crippen LogP contribution in [0.4, 0.5) is 5.69 Å². The number of anilines is 1. The Morgan fingerprint density at radius 2 is 1.91 bits per heavy atom. The summed E-state index contributed by atoms with van der Waals surface area (Å²) in [5.41, 5.74) is 1.66. The normalized spacial score (nSPS) is 11.0. The molecule has 114 valence electrons. The van der Waals surface area contributed by atoms with Crippen molar-refractivity contribution in [3.05, 3.63) is 81.1 Å². The number of carbonyl (C=O) groups excluding carboxylic acids is 1. The molecule has 2 aromatic carbocycles. The molecule has 23 heavy (non-hydrogen) atoms. The summed E-state index contributed by atoms with van der Waals surface area (Å²) < 4.78 is 0.880. The third-order valence-corrected chi connectivity index (χ3v) is 3.78. The Morgan fingerprint density at radius 3 is 2.74 bits per heavy atom. The van der Waals surface area contributed by atoms with Crippen LogP contribution in [-0.2, 0) is 4.79 Å². The van der Waals surface area contributed by atoms with Gasteiger partial charge in [-0.15, -0.1) is 0 Å². The highest BCUT2D eigenvalue weighted by molar-refractivity contribution is 9.10. The largest absolute Gasteiger partial charge is 0.322 e. The minimum atomic E-state index is -0.296. The van der Waals surface area contributed by atoms with E-state index >= 15 is 0 Å². The van der Waals surface area contributed by atoms with Gasteiger partial charge in [0.1, 0.15) is 0 Å². The molecule has 3 aromatic rings. The summed E-state index contributed by atoms with van der Waals surface area (Å²) in [4.78, 5) is 26.7. The third-order valence-electron chi connectivity index (χ3n) is 3.29. The van der Waals surface area contributed by atoms with Crippen LogP contribution in [0.3, 0.4) is 0 Å². The number of carbonyl (C=O) groups is 1. The fourth-order valence-corrected chi connectivity index (χ4v) is 2.60. The van der Waals surface area contributed by atoms with E-state index < -0.39 is 0 Å². The number of benzene rings is 2. The van der Waals surface area contributed by atoms with Crippen molar-refractivity contribution in [3.63, 3.8) is 0 Å². The summed E-state index contributed by atoms with van der Waals surface area (Å²) >= 11 is 3.35. The molecule has 0 bridgehead atoms. The van der Waals surface area contributed by atoms with Crippen molar-refractivity contribution in [3.8, 4) is 0 Å². The van der Waals surface area contributed by atoms with Crippen LogP contribution in [0.5, 0.6) is 0 Å². The number of halogens is 1. The van der Waals surface area contributed by atoms with Crippen molar-refractivity contribution >= 4 is 44.5 Å². The Bertz CT molecular complexity index is 960. The lowest BCUT2D eigenvalue weighted by molar-refractivity contribution is -0.111. The smallest absolute Gasteiger partial charge is 0.255 e. The predicted molar refractivity (Wildman–Crippen MR) is 96.4 cm³/mol. The van der Waals surface area contributed by atoms with Gasteiger partial charge in [-0.3, -0.25) is 9.59 Å². The average Bonchev–Trinajstić information content (AvgIpc) is 2.53. The molecule has 0 atom stereocenters. The Hall–Kier alpha value is -2.66. The molecule has 0 unspecified atom stereocenters. The second-order valence-electron chi connectivity index (χ2n) is 4.97. The topological polar surface area (TPSA) is 62.0 Å². The number of H-pyrrole nitrogens is 1. The number of aromatic amines is 1. The molecule has 0 aliphatic rings. The fraction of sp³-hybridized carbons (Fsp3) is 0. The fourth-order valence-electron chi connectivity index (χ4n) is 2.20. The van der Waals surface area contributed by atoms with E-state index in [1.54, 1.807) is 18.2 Å². The van der Waals surface area contributed by atoms with E-state index in [4.69, 9.17) is 0 Å². The number of amides is 1. The number of para-hydroxylation sites is 1. The maximum atomic E-state index is 12.0. The van der Waals surface area contributed by atoms with Crippen LogP contribution in [-0.4, -0.2) is 10.9 Å².